The molecule has 0 spiro atoms. The van der Waals surface area contributed by atoms with Crippen LogP contribution in [-0.4, -0.2) is 175 Å². The monoisotopic (exact) mass is 2060 g/mol. The van der Waals surface area contributed by atoms with Crippen molar-refractivity contribution >= 4 is 59.7 Å². The maximum atomic E-state index is 12.7. The van der Waals surface area contributed by atoms with E-state index in [-0.39, 0.29) is 134 Å². The molecule has 12 atom stereocenters. The average Bonchev–Trinajstić information content (AvgIpc) is 0.748. The Morgan fingerprint density at radius 2 is 0.788 bits per heavy atom. The first kappa shape index (κ1) is 121. The molecule has 22 aliphatic rings. The van der Waals surface area contributed by atoms with Gasteiger partial charge in [0.1, 0.15) is 52.4 Å². The maximum absolute atomic E-state index is 12.7. The van der Waals surface area contributed by atoms with Crippen LogP contribution in [0.15, 0.2) is 0 Å². The Morgan fingerprint density at radius 3 is 1.21 bits per heavy atom. The molecule has 0 aromatic carbocycles. The van der Waals surface area contributed by atoms with Crippen LogP contribution in [0.3, 0.4) is 0 Å². The molecule has 0 amide bonds. The van der Waals surface area contributed by atoms with Crippen LogP contribution >= 0.6 is 0 Å². The number of cyclic esters (lactones) is 1. The molecule has 22 rings (SSSR count). The molecule has 0 aromatic rings. The summed E-state index contributed by atoms with van der Waals surface area (Å²) in [6, 6.07) is 0. The fourth-order valence-corrected chi connectivity index (χ4v) is 28.0. The number of carbonyl (C=O) groups excluding carboxylic acids is 10. The lowest BCUT2D eigenvalue weighted by Gasteiger charge is -2.62. The summed E-state index contributed by atoms with van der Waals surface area (Å²) < 4.78 is 73.2. The predicted octanol–water partition coefficient (Wildman–Crippen LogP) is 24.5. The average molecular weight is 2060 g/mol. The Kier molecular flexibility index (Phi) is 37.9. The van der Waals surface area contributed by atoms with Gasteiger partial charge in [-0.1, -0.05) is 89.0 Å². The minimum absolute atomic E-state index is 0.00935. The molecule has 18 aliphatic carbocycles. The third-order valence-electron chi connectivity index (χ3n) is 40.0. The van der Waals surface area contributed by atoms with Gasteiger partial charge in [0.05, 0.1) is 67.0 Å². The van der Waals surface area contributed by atoms with Gasteiger partial charge in [0.2, 0.25) is 6.10 Å². The van der Waals surface area contributed by atoms with E-state index in [1.807, 2.05) is 125 Å². The van der Waals surface area contributed by atoms with Crippen molar-refractivity contribution in [2.75, 3.05) is 6.61 Å². The number of ether oxygens (including phenoxy) is 13. The largest absolute Gasteiger partial charge is 0.462 e. The van der Waals surface area contributed by atoms with E-state index in [2.05, 4.69) is 53.2 Å². The van der Waals surface area contributed by atoms with E-state index in [9.17, 15) is 63.3 Å². The molecular formula is C120H200O26. The molecular weight excluding hydrogens is 1860 g/mol. The van der Waals surface area contributed by atoms with E-state index in [0.717, 1.165) is 158 Å². The summed E-state index contributed by atoms with van der Waals surface area (Å²) >= 11 is 0. The molecule has 26 nitrogen and oxygen atoms in total. The van der Waals surface area contributed by atoms with E-state index in [1.165, 1.54) is 116 Å². The summed E-state index contributed by atoms with van der Waals surface area (Å²) in [6.45, 7) is 59.6. The van der Waals surface area contributed by atoms with E-state index in [0.29, 0.717) is 55.8 Å². The Hall–Kier alpha value is -5.54. The Balaban J connectivity index is 0.000000160. The Bertz CT molecular complexity index is 4390. The molecule has 4 saturated heterocycles. The third-order valence-corrected chi connectivity index (χ3v) is 40.0. The van der Waals surface area contributed by atoms with Crippen LogP contribution in [0.4, 0.5) is 0 Å². The van der Waals surface area contributed by atoms with Gasteiger partial charge in [-0.15, -0.1) is 0 Å². The molecule has 12 unspecified atom stereocenters. The number of aliphatic hydroxyl groups is 3. The van der Waals surface area contributed by atoms with Gasteiger partial charge in [0, 0.05) is 31.1 Å². The van der Waals surface area contributed by atoms with Crippen LogP contribution in [-0.2, 0) is 110 Å². The maximum Gasteiger partial charge on any atom is 0.350 e. The summed E-state index contributed by atoms with van der Waals surface area (Å²) in [7, 11) is 0. The molecule has 4 aliphatic heterocycles. The zero-order valence-electron chi connectivity index (χ0n) is 96.4. The molecule has 836 valence electrons. The van der Waals surface area contributed by atoms with Gasteiger partial charge in [0.15, 0.2) is 24.3 Å². The zero-order valence-corrected chi connectivity index (χ0v) is 96.4. The van der Waals surface area contributed by atoms with Gasteiger partial charge in [0.25, 0.3) is 0 Å². The molecule has 22 fully saturated rings. The van der Waals surface area contributed by atoms with Crippen molar-refractivity contribution in [3.8, 4) is 0 Å². The topological polar surface area (TPSA) is 351 Å². The van der Waals surface area contributed by atoms with E-state index in [4.69, 9.17) is 56.8 Å². The lowest BCUT2D eigenvalue weighted by molar-refractivity contribution is -0.264. The van der Waals surface area contributed by atoms with Crippen molar-refractivity contribution in [1.29, 1.82) is 0 Å². The minimum Gasteiger partial charge on any atom is -0.462 e. The predicted molar refractivity (Wildman–Crippen MR) is 557 cm³/mol. The number of rotatable bonds is 27. The Labute approximate surface area is 878 Å². The highest BCUT2D eigenvalue weighted by atomic mass is 16.9. The zero-order chi connectivity index (χ0) is 109. The second-order valence-electron chi connectivity index (χ2n) is 55.4. The fourth-order valence-electron chi connectivity index (χ4n) is 28.0. The lowest BCUT2D eigenvalue weighted by Crippen LogP contribution is -2.67. The number of carbonyl (C=O) groups is 10. The van der Waals surface area contributed by atoms with Crippen molar-refractivity contribution in [2.24, 2.45) is 108 Å². The highest BCUT2D eigenvalue weighted by Crippen LogP contribution is 2.67. The summed E-state index contributed by atoms with van der Waals surface area (Å²) in [5, 5.41) is 32.0. The normalized spacial score (nSPS) is 36.4. The summed E-state index contributed by atoms with van der Waals surface area (Å²) in [6.07, 6.45) is 40.2. The quantitative estimate of drug-likeness (QED) is 0.0508. The van der Waals surface area contributed by atoms with Gasteiger partial charge in [-0.2, -0.15) is 0 Å². The summed E-state index contributed by atoms with van der Waals surface area (Å²) in [4.78, 5) is 120. The van der Waals surface area contributed by atoms with Crippen LogP contribution < -0.4 is 0 Å². The molecule has 0 radical (unpaired) electrons. The van der Waals surface area contributed by atoms with Gasteiger partial charge in [-0.3, -0.25) is 43.2 Å². The van der Waals surface area contributed by atoms with Gasteiger partial charge in [-0.05, 0) is 428 Å². The molecule has 16 bridgehead atoms. The molecule has 26 heteroatoms. The molecule has 0 aromatic heterocycles. The van der Waals surface area contributed by atoms with Crippen molar-refractivity contribution in [2.45, 2.75) is 583 Å². The minimum atomic E-state index is -1.07. The SMILES string of the molecule is CCC(C)(C)C(=O)OC(C)(CC)C12CC3CC(CC(C3)C1)C2.CCC(C)(C)C(=O)OC1(C)C2CC3CC(C2)CC1C3.CCC(C)(C)C(=O)OC1(C)CCCCC1.CCC(C)(C)C(=O)OC12CC3CC(CC(O)(C3)C1)C2.CCC(C)(C)C(=O)OC12CC3CC(O)(CC(O)(C3)C1)C2.CCC(C)(C)C(=O)OC1C(=O)OC2C3OC(C)(C)OC3OC12.CCC(C)C(=O)OC1COC(=O)C1.CCC1(OC(=O)C(C)(C)CC)CCCCC1. The van der Waals surface area contributed by atoms with Crippen LogP contribution in [0.1, 0.15) is 490 Å². The number of hydrogen-bond acceptors (Lipinski definition) is 26. The van der Waals surface area contributed by atoms with E-state index in [1.54, 1.807) is 34.6 Å². The fraction of sp³-hybridized carbons (Fsp3) is 0.917. The van der Waals surface area contributed by atoms with E-state index >= 15 is 0 Å². The first-order valence-electron chi connectivity index (χ1n) is 57.9. The first-order valence-corrected chi connectivity index (χ1v) is 57.9. The molecule has 146 heavy (non-hydrogen) atoms. The third kappa shape index (κ3) is 28.0. The van der Waals surface area contributed by atoms with Gasteiger partial charge < -0.3 is 76.9 Å². The number of esters is 10. The second-order valence-corrected chi connectivity index (χ2v) is 55.4. The van der Waals surface area contributed by atoms with Crippen LogP contribution in [0.5, 0.6) is 0 Å². The molecule has 18 saturated carbocycles. The van der Waals surface area contributed by atoms with Crippen molar-refractivity contribution in [3.05, 3.63) is 0 Å². The van der Waals surface area contributed by atoms with Crippen molar-refractivity contribution in [3.63, 3.8) is 0 Å². The van der Waals surface area contributed by atoms with Gasteiger partial charge in [-0.25, -0.2) is 4.79 Å². The Morgan fingerprint density at radius 1 is 0.390 bits per heavy atom. The highest BCUT2D eigenvalue weighted by Gasteiger charge is 2.69. The highest BCUT2D eigenvalue weighted by molar-refractivity contribution is 5.84. The standard InChI is InChI=1S/C20H34O2.C17H28O2.C16H26O4.C16H26O3.C15H22O7.C14H26O2.C13H24O2.C9H14O4/c1-6-18(3,4)17(21)22-19(5,7-2)20-11-14-8-15(12-20)10-16(9-14)13-20;1-5-16(2,3)15(18)19-17(4)13-7-11-6-12(9-13)10-14(17)8-11;1-4-13(2,3)12(17)20-16-7-11-5-14(18,9-16)8-15(19,6-11)10-16;1-4-14(2,3)13(17)19-16-8-11-5-12(9-16)7-15(18,6-11)10-16;1-6-14(2,3)13(17)20-9-7-8(18-11(9)16)10-12(19-7)22-15(4,5)21-10;1-5-13(3,4)12(15)16-14(6-2)10-8-7-9-11-14;1-5-12(2,3)11(14)15-13(4)9-7-6-8-10-13;1-3-6(2)9(11)13-7-4-8(10)12-5-7/h14-16H,6-13H2,1-5H3;11-14H,5-10H2,1-4H3;11,18-19H,4-10H2,1-3H3;11-12,18H,4-10H2,1-3H3;7-10,12H,6H2,1-5H3;5-11H2,1-4H3;5-10H2,1-4H3;6-7H,3-5H2,1-2H3. The number of fused-ring (bicyclic) bond motifs is 3. The van der Waals surface area contributed by atoms with Crippen LogP contribution in [0.25, 0.3) is 0 Å². The molecule has 3 N–H and O–H groups in total. The number of hydrogen-bond donors (Lipinski definition) is 3. The van der Waals surface area contributed by atoms with Crippen LogP contribution in [0, 0.1) is 108 Å². The van der Waals surface area contributed by atoms with Crippen molar-refractivity contribution in [1.82, 2.24) is 0 Å². The second kappa shape index (κ2) is 45.9. The lowest BCUT2D eigenvalue weighted by atomic mass is 9.45. The smallest absolute Gasteiger partial charge is 0.350 e. The first-order chi connectivity index (χ1) is 67.6. The van der Waals surface area contributed by atoms with Gasteiger partial charge >= 0.3 is 59.7 Å². The van der Waals surface area contributed by atoms with Crippen LogP contribution in [0.2, 0.25) is 0 Å². The van der Waals surface area contributed by atoms with Crippen molar-refractivity contribution < 1.29 is 125 Å². The summed E-state index contributed by atoms with van der Waals surface area (Å²) in [5.74, 6) is 4.42. The summed E-state index contributed by atoms with van der Waals surface area (Å²) in [5.41, 5.74) is -6.72. The molecule has 4 heterocycles. The van der Waals surface area contributed by atoms with E-state index < -0.39 is 87.1 Å².